The monoisotopic (exact) mass is 434 g/mol. The van der Waals surface area contributed by atoms with Gasteiger partial charge in [-0.1, -0.05) is 0 Å². The Hall–Kier alpha value is -2.71. The second-order valence-corrected chi connectivity index (χ2v) is 9.82. The van der Waals surface area contributed by atoms with E-state index in [0.717, 1.165) is 0 Å². The van der Waals surface area contributed by atoms with Gasteiger partial charge in [0.15, 0.2) is 9.79 Å². The molecule has 0 fully saturated rings. The third-order valence-electron chi connectivity index (χ3n) is 3.26. The van der Waals surface area contributed by atoms with Gasteiger partial charge in [-0.2, -0.15) is 0 Å². The van der Waals surface area contributed by atoms with Gasteiger partial charge in [-0.3, -0.25) is 0 Å². The van der Waals surface area contributed by atoms with Gasteiger partial charge in [-0.05, 0) is 90.1 Å². The zero-order valence-corrected chi connectivity index (χ0v) is 18.7. The molecule has 2 rings (SSSR count). The van der Waals surface area contributed by atoms with Crippen LogP contribution >= 0.6 is 0 Å². The second-order valence-electron chi connectivity index (χ2n) is 8.34. The molecular weight excluding hydrogens is 408 g/mol. The molecule has 8 heteroatoms. The summed E-state index contributed by atoms with van der Waals surface area (Å²) in [5.74, 6) is 0.567. The maximum Gasteiger partial charge on any atom is 0.514 e. The number of hydrogen-bond acceptors (Lipinski definition) is 7. The molecule has 0 aliphatic carbocycles. The Labute approximate surface area is 179 Å². The van der Waals surface area contributed by atoms with Crippen LogP contribution in [0.3, 0.4) is 0 Å². The first kappa shape index (κ1) is 23.6. The van der Waals surface area contributed by atoms with Gasteiger partial charge in [-0.25, -0.2) is 9.59 Å². The molecular formula is C22H26O7S. The van der Waals surface area contributed by atoms with Gasteiger partial charge in [0.25, 0.3) is 0 Å². The number of hydrogen-bond donors (Lipinski definition) is 0. The van der Waals surface area contributed by atoms with Crippen molar-refractivity contribution in [2.75, 3.05) is 0 Å². The highest BCUT2D eigenvalue weighted by molar-refractivity contribution is 7.91. The molecule has 0 aliphatic rings. The van der Waals surface area contributed by atoms with Crippen molar-refractivity contribution in [3.05, 3.63) is 48.5 Å². The molecule has 0 aliphatic heterocycles. The summed E-state index contributed by atoms with van der Waals surface area (Å²) in [6.45, 7) is 10.4. The minimum atomic E-state index is -1.46. The van der Waals surface area contributed by atoms with E-state index in [-0.39, 0.29) is 11.5 Å². The van der Waals surface area contributed by atoms with Crippen LogP contribution in [0.25, 0.3) is 0 Å². The highest BCUT2D eigenvalue weighted by atomic mass is 32.2. The highest BCUT2D eigenvalue weighted by Crippen LogP contribution is 2.25. The van der Waals surface area contributed by atoms with E-state index in [4.69, 9.17) is 18.9 Å². The Morgan fingerprint density at radius 2 is 0.967 bits per heavy atom. The average molecular weight is 435 g/mol. The summed E-state index contributed by atoms with van der Waals surface area (Å²) in [7, 11) is 0. The predicted octanol–water partition coefficient (Wildman–Crippen LogP) is 5.48. The SMILES string of the molecule is CC(C)(C)OC(=O)Oc1ccc([S+]([O-])c2ccc(OC(=O)OC(C)(C)C)cc2)cc1. The lowest BCUT2D eigenvalue weighted by Gasteiger charge is -2.18. The summed E-state index contributed by atoms with van der Waals surface area (Å²) in [4.78, 5) is 24.4. The van der Waals surface area contributed by atoms with Gasteiger partial charge in [-0.15, -0.1) is 0 Å². The standard InChI is InChI=1S/C22H26O7S/c1-21(2,3)28-19(23)26-15-7-11-17(12-8-15)30(25)18-13-9-16(10-14-18)27-20(24)29-22(4,5)6/h7-14H,1-6H3. The molecule has 0 bridgehead atoms. The van der Waals surface area contributed by atoms with Crippen molar-refractivity contribution in [3.63, 3.8) is 0 Å². The van der Waals surface area contributed by atoms with Crippen LogP contribution in [-0.4, -0.2) is 28.1 Å². The van der Waals surface area contributed by atoms with Crippen molar-refractivity contribution < 1.29 is 33.1 Å². The summed E-state index contributed by atoms with van der Waals surface area (Å²) >= 11 is -1.46. The minimum absolute atomic E-state index is 0.283. The molecule has 0 N–H and O–H groups in total. The van der Waals surface area contributed by atoms with E-state index >= 15 is 0 Å². The first-order chi connectivity index (χ1) is 13.8. The smallest absolute Gasteiger partial charge is 0.514 e. The summed E-state index contributed by atoms with van der Waals surface area (Å²) in [6.07, 6.45) is -1.62. The predicted molar refractivity (Wildman–Crippen MR) is 111 cm³/mol. The van der Waals surface area contributed by atoms with E-state index in [1.54, 1.807) is 65.8 Å². The van der Waals surface area contributed by atoms with Crippen LogP contribution in [0, 0.1) is 0 Å². The molecule has 7 nitrogen and oxygen atoms in total. The van der Waals surface area contributed by atoms with Gasteiger partial charge < -0.3 is 23.5 Å². The van der Waals surface area contributed by atoms with Crippen molar-refractivity contribution in [2.45, 2.75) is 62.5 Å². The third kappa shape index (κ3) is 7.96. The third-order valence-corrected chi connectivity index (χ3v) is 4.66. The summed E-state index contributed by atoms with van der Waals surface area (Å²) in [5, 5.41) is 0. The summed E-state index contributed by atoms with van der Waals surface area (Å²) in [5.41, 5.74) is -1.31. The maximum atomic E-state index is 12.7. The fraction of sp³-hybridized carbons (Fsp3) is 0.364. The quantitative estimate of drug-likeness (QED) is 0.357. The van der Waals surface area contributed by atoms with E-state index in [1.165, 1.54) is 24.3 Å². The Balaban J connectivity index is 1.98. The highest BCUT2D eigenvalue weighted by Gasteiger charge is 2.20. The van der Waals surface area contributed by atoms with Crippen LogP contribution < -0.4 is 9.47 Å². The second kappa shape index (κ2) is 9.40. The molecule has 0 saturated heterocycles. The molecule has 0 spiro atoms. The lowest BCUT2D eigenvalue weighted by molar-refractivity contribution is 0.0193. The molecule has 0 heterocycles. The van der Waals surface area contributed by atoms with Gasteiger partial charge in [0.1, 0.15) is 22.7 Å². The summed E-state index contributed by atoms with van der Waals surface area (Å²) in [6, 6.07) is 12.5. The molecule has 30 heavy (non-hydrogen) atoms. The van der Waals surface area contributed by atoms with Crippen molar-refractivity contribution in [2.24, 2.45) is 0 Å². The lowest BCUT2D eigenvalue weighted by atomic mass is 10.2. The van der Waals surface area contributed by atoms with Crippen LogP contribution in [0.1, 0.15) is 41.5 Å². The molecule has 2 aromatic rings. The van der Waals surface area contributed by atoms with Crippen LogP contribution in [0.4, 0.5) is 9.59 Å². The fourth-order valence-corrected chi connectivity index (χ4v) is 3.17. The zero-order valence-electron chi connectivity index (χ0n) is 17.9. The number of carbonyl (C=O) groups excluding carboxylic acids is 2. The molecule has 0 unspecified atom stereocenters. The van der Waals surface area contributed by atoms with E-state index in [0.29, 0.717) is 9.79 Å². The maximum absolute atomic E-state index is 12.7. The number of carbonyl (C=O) groups is 2. The lowest BCUT2D eigenvalue weighted by Crippen LogP contribution is -2.25. The average Bonchev–Trinajstić information content (AvgIpc) is 2.59. The first-order valence-corrected chi connectivity index (χ1v) is 10.4. The Morgan fingerprint density at radius 3 is 1.23 bits per heavy atom. The number of rotatable bonds is 4. The van der Waals surface area contributed by atoms with Crippen molar-refractivity contribution in [1.29, 1.82) is 0 Å². The Bertz CT molecular complexity index is 789. The zero-order chi connectivity index (χ0) is 22.5. The number of benzene rings is 2. The van der Waals surface area contributed by atoms with Gasteiger partial charge in [0.05, 0.1) is 0 Å². The summed E-state index contributed by atoms with van der Waals surface area (Å²) < 4.78 is 33.1. The molecule has 0 radical (unpaired) electrons. The molecule has 0 atom stereocenters. The topological polar surface area (TPSA) is 94.1 Å². The Morgan fingerprint density at radius 1 is 0.667 bits per heavy atom. The van der Waals surface area contributed by atoms with Gasteiger partial charge in [0, 0.05) is 11.2 Å². The fourth-order valence-electron chi connectivity index (χ4n) is 2.13. The van der Waals surface area contributed by atoms with Crippen molar-refractivity contribution in [3.8, 4) is 11.5 Å². The van der Waals surface area contributed by atoms with Gasteiger partial charge in [0.2, 0.25) is 0 Å². The van der Waals surface area contributed by atoms with Crippen LogP contribution in [-0.2, 0) is 20.6 Å². The number of ether oxygens (including phenoxy) is 4. The minimum Gasteiger partial charge on any atom is -0.606 e. The normalized spacial score (nSPS) is 11.7. The molecule has 0 amide bonds. The van der Waals surface area contributed by atoms with Crippen molar-refractivity contribution >= 4 is 23.5 Å². The van der Waals surface area contributed by atoms with Crippen LogP contribution in [0.15, 0.2) is 58.3 Å². The molecule has 2 aromatic carbocycles. The first-order valence-electron chi connectivity index (χ1n) is 9.26. The van der Waals surface area contributed by atoms with Crippen LogP contribution in [0.5, 0.6) is 11.5 Å². The van der Waals surface area contributed by atoms with Crippen molar-refractivity contribution in [1.82, 2.24) is 0 Å². The Kier molecular flexibility index (Phi) is 7.39. The molecule has 0 saturated carbocycles. The van der Waals surface area contributed by atoms with Crippen LogP contribution in [0.2, 0.25) is 0 Å². The molecule has 0 aromatic heterocycles. The van der Waals surface area contributed by atoms with E-state index in [9.17, 15) is 14.1 Å². The van der Waals surface area contributed by atoms with E-state index in [1.807, 2.05) is 0 Å². The van der Waals surface area contributed by atoms with E-state index in [2.05, 4.69) is 0 Å². The molecule has 162 valence electrons. The van der Waals surface area contributed by atoms with Gasteiger partial charge >= 0.3 is 12.3 Å². The largest absolute Gasteiger partial charge is 0.606 e. The van der Waals surface area contributed by atoms with E-state index < -0.39 is 34.7 Å².